The molecule has 0 bridgehead atoms. The van der Waals surface area contributed by atoms with Crippen molar-refractivity contribution in [1.82, 2.24) is 14.7 Å². The number of likely N-dealkylation sites (tertiary alicyclic amines) is 1. The molecule has 13 heavy (non-hydrogen) atoms. The second-order valence-electron chi connectivity index (χ2n) is 3.22. The SMILES string of the molecule is CC(=O)N1CC(n2cc(I)cn2)C1. The van der Waals surface area contributed by atoms with Crippen LogP contribution in [0.15, 0.2) is 12.4 Å². The maximum Gasteiger partial charge on any atom is 0.219 e. The molecule has 0 unspecified atom stereocenters. The number of hydrogen-bond donors (Lipinski definition) is 0. The van der Waals surface area contributed by atoms with Crippen LogP contribution in [0.25, 0.3) is 0 Å². The number of carbonyl (C=O) groups excluding carboxylic acids is 1. The third kappa shape index (κ3) is 1.70. The predicted molar refractivity (Wildman–Crippen MR) is 56.2 cm³/mol. The Morgan fingerprint density at radius 1 is 1.69 bits per heavy atom. The zero-order valence-electron chi connectivity index (χ0n) is 7.27. The molecule has 70 valence electrons. The second-order valence-corrected chi connectivity index (χ2v) is 4.46. The van der Waals surface area contributed by atoms with Crippen LogP contribution in [-0.4, -0.2) is 33.7 Å². The Kier molecular flexibility index (Phi) is 2.27. The minimum Gasteiger partial charge on any atom is -0.339 e. The van der Waals surface area contributed by atoms with Gasteiger partial charge in [0, 0.05) is 26.2 Å². The van der Waals surface area contributed by atoms with E-state index < -0.39 is 0 Å². The van der Waals surface area contributed by atoms with E-state index in [0.717, 1.165) is 16.7 Å². The van der Waals surface area contributed by atoms with Crippen molar-refractivity contribution >= 4 is 28.5 Å². The lowest BCUT2D eigenvalue weighted by atomic mass is 10.1. The monoisotopic (exact) mass is 291 g/mol. The summed E-state index contributed by atoms with van der Waals surface area (Å²) in [7, 11) is 0. The van der Waals surface area contributed by atoms with Gasteiger partial charge in [0.15, 0.2) is 0 Å². The van der Waals surface area contributed by atoms with E-state index in [2.05, 4.69) is 27.7 Å². The minimum atomic E-state index is 0.151. The number of rotatable bonds is 1. The van der Waals surface area contributed by atoms with E-state index in [0.29, 0.717) is 6.04 Å². The molecule has 0 spiro atoms. The molecule has 0 radical (unpaired) electrons. The summed E-state index contributed by atoms with van der Waals surface area (Å²) in [6.07, 6.45) is 3.83. The van der Waals surface area contributed by atoms with E-state index in [4.69, 9.17) is 0 Å². The van der Waals surface area contributed by atoms with Gasteiger partial charge in [-0.1, -0.05) is 0 Å². The van der Waals surface area contributed by atoms with Gasteiger partial charge in [-0.25, -0.2) is 0 Å². The van der Waals surface area contributed by atoms with Crippen molar-refractivity contribution in [3.8, 4) is 0 Å². The maximum absolute atomic E-state index is 10.9. The average Bonchev–Trinajstić information content (AvgIpc) is 2.31. The second kappa shape index (κ2) is 3.28. The Labute approximate surface area is 90.0 Å². The van der Waals surface area contributed by atoms with Crippen molar-refractivity contribution < 1.29 is 4.79 Å². The molecule has 1 saturated heterocycles. The molecule has 2 rings (SSSR count). The molecule has 1 amide bonds. The molecule has 0 aromatic carbocycles. The normalized spacial score (nSPS) is 17.2. The van der Waals surface area contributed by atoms with Gasteiger partial charge in [-0.3, -0.25) is 9.48 Å². The van der Waals surface area contributed by atoms with E-state index in [9.17, 15) is 4.79 Å². The first kappa shape index (κ1) is 8.98. The van der Waals surface area contributed by atoms with Crippen LogP contribution in [0.3, 0.4) is 0 Å². The first-order valence-corrected chi connectivity index (χ1v) is 5.20. The molecule has 0 N–H and O–H groups in total. The molecule has 5 heteroatoms. The van der Waals surface area contributed by atoms with Gasteiger partial charge < -0.3 is 4.90 Å². The molecule has 1 fully saturated rings. The summed E-state index contributed by atoms with van der Waals surface area (Å²) >= 11 is 2.23. The van der Waals surface area contributed by atoms with Crippen LogP contribution in [0.4, 0.5) is 0 Å². The van der Waals surface area contributed by atoms with Crippen LogP contribution < -0.4 is 0 Å². The van der Waals surface area contributed by atoms with Crippen LogP contribution in [0, 0.1) is 3.57 Å². The lowest BCUT2D eigenvalue weighted by molar-refractivity contribution is -0.134. The van der Waals surface area contributed by atoms with E-state index in [-0.39, 0.29) is 5.91 Å². The number of amides is 1. The van der Waals surface area contributed by atoms with Crippen LogP contribution in [0.2, 0.25) is 0 Å². The zero-order chi connectivity index (χ0) is 9.42. The van der Waals surface area contributed by atoms with E-state index in [1.807, 2.05) is 22.0 Å². The van der Waals surface area contributed by atoms with Crippen molar-refractivity contribution in [2.75, 3.05) is 13.1 Å². The van der Waals surface area contributed by atoms with Gasteiger partial charge in [-0.05, 0) is 22.6 Å². The lowest BCUT2D eigenvalue weighted by Gasteiger charge is -2.38. The number of carbonyl (C=O) groups is 1. The highest BCUT2D eigenvalue weighted by Gasteiger charge is 2.30. The molecular formula is C8H10IN3O. The summed E-state index contributed by atoms with van der Waals surface area (Å²) in [5.74, 6) is 0.151. The average molecular weight is 291 g/mol. The molecule has 1 aliphatic rings. The van der Waals surface area contributed by atoms with Gasteiger partial charge in [-0.15, -0.1) is 0 Å². The number of nitrogens with zero attached hydrogens (tertiary/aromatic N) is 3. The highest BCUT2D eigenvalue weighted by Crippen LogP contribution is 2.20. The third-order valence-electron chi connectivity index (χ3n) is 2.25. The largest absolute Gasteiger partial charge is 0.339 e. The topological polar surface area (TPSA) is 38.1 Å². The summed E-state index contributed by atoms with van der Waals surface area (Å²) < 4.78 is 3.07. The molecular weight excluding hydrogens is 281 g/mol. The van der Waals surface area contributed by atoms with Crippen LogP contribution in [0.1, 0.15) is 13.0 Å². The molecule has 4 nitrogen and oxygen atoms in total. The first-order valence-electron chi connectivity index (χ1n) is 4.12. The molecule has 1 aliphatic heterocycles. The van der Waals surface area contributed by atoms with E-state index in [1.54, 1.807) is 6.92 Å². The smallest absolute Gasteiger partial charge is 0.219 e. The number of halogens is 1. The summed E-state index contributed by atoms with van der Waals surface area (Å²) in [5.41, 5.74) is 0. The van der Waals surface area contributed by atoms with Crippen molar-refractivity contribution in [2.45, 2.75) is 13.0 Å². The first-order chi connectivity index (χ1) is 6.16. The van der Waals surface area contributed by atoms with E-state index >= 15 is 0 Å². The fourth-order valence-corrected chi connectivity index (χ4v) is 1.80. The van der Waals surface area contributed by atoms with Gasteiger partial charge in [-0.2, -0.15) is 5.10 Å². The van der Waals surface area contributed by atoms with Gasteiger partial charge in [0.25, 0.3) is 0 Å². The molecule has 0 aliphatic carbocycles. The summed E-state index contributed by atoms with van der Waals surface area (Å²) in [6, 6.07) is 0.382. The van der Waals surface area contributed by atoms with E-state index in [1.165, 1.54) is 0 Å². The standard InChI is InChI=1S/C8H10IN3O/c1-6(13)11-4-8(5-11)12-3-7(9)2-10-12/h2-3,8H,4-5H2,1H3. The summed E-state index contributed by atoms with van der Waals surface area (Å²) in [4.78, 5) is 12.7. The Morgan fingerprint density at radius 3 is 2.85 bits per heavy atom. The Hall–Kier alpha value is -0.590. The minimum absolute atomic E-state index is 0.151. The van der Waals surface area contributed by atoms with Crippen molar-refractivity contribution in [2.24, 2.45) is 0 Å². The Morgan fingerprint density at radius 2 is 2.38 bits per heavy atom. The lowest BCUT2D eigenvalue weighted by Crippen LogP contribution is -2.49. The zero-order valence-corrected chi connectivity index (χ0v) is 9.43. The Balaban J connectivity index is 1.97. The van der Waals surface area contributed by atoms with Crippen LogP contribution in [0.5, 0.6) is 0 Å². The Bertz CT molecular complexity index is 330. The summed E-state index contributed by atoms with van der Waals surface area (Å²) in [6.45, 7) is 3.20. The predicted octanol–water partition coefficient (Wildman–Crippen LogP) is 0.891. The highest BCUT2D eigenvalue weighted by molar-refractivity contribution is 14.1. The maximum atomic E-state index is 10.9. The molecule has 0 saturated carbocycles. The number of hydrogen-bond acceptors (Lipinski definition) is 2. The summed E-state index contributed by atoms with van der Waals surface area (Å²) in [5, 5.41) is 4.20. The van der Waals surface area contributed by atoms with Crippen molar-refractivity contribution in [3.05, 3.63) is 16.0 Å². The third-order valence-corrected chi connectivity index (χ3v) is 2.81. The molecule has 1 aromatic heterocycles. The quantitative estimate of drug-likeness (QED) is 0.721. The van der Waals surface area contributed by atoms with Gasteiger partial charge >= 0.3 is 0 Å². The van der Waals surface area contributed by atoms with Gasteiger partial charge in [0.2, 0.25) is 5.91 Å². The van der Waals surface area contributed by atoms with Crippen molar-refractivity contribution in [1.29, 1.82) is 0 Å². The fraction of sp³-hybridized carbons (Fsp3) is 0.500. The molecule has 2 heterocycles. The van der Waals surface area contributed by atoms with Gasteiger partial charge in [0.05, 0.1) is 15.8 Å². The molecule has 1 aromatic rings. The van der Waals surface area contributed by atoms with Gasteiger partial charge in [0.1, 0.15) is 0 Å². The molecule has 0 atom stereocenters. The van der Waals surface area contributed by atoms with Crippen LogP contribution >= 0.6 is 22.6 Å². The number of aromatic nitrogens is 2. The van der Waals surface area contributed by atoms with Crippen LogP contribution in [-0.2, 0) is 4.79 Å². The fourth-order valence-electron chi connectivity index (χ4n) is 1.39. The van der Waals surface area contributed by atoms with Crippen molar-refractivity contribution in [3.63, 3.8) is 0 Å². The highest BCUT2D eigenvalue weighted by atomic mass is 127.